The third kappa shape index (κ3) is 3.23. The van der Waals surface area contributed by atoms with Gasteiger partial charge in [0.25, 0.3) is 0 Å². The van der Waals surface area contributed by atoms with E-state index in [1.807, 2.05) is 6.07 Å². The highest BCUT2D eigenvalue weighted by atomic mass is 16.4. The molecule has 0 spiro atoms. The monoisotopic (exact) mass is 263 g/mol. The summed E-state index contributed by atoms with van der Waals surface area (Å²) in [5.41, 5.74) is 1.12. The largest absolute Gasteiger partial charge is 0.477 e. The van der Waals surface area contributed by atoms with Crippen LogP contribution < -0.4 is 4.90 Å². The van der Waals surface area contributed by atoms with Crippen molar-refractivity contribution in [1.29, 1.82) is 0 Å². The van der Waals surface area contributed by atoms with Gasteiger partial charge in [0.1, 0.15) is 5.69 Å². The van der Waals surface area contributed by atoms with Crippen molar-refractivity contribution in [2.45, 2.75) is 25.8 Å². The summed E-state index contributed by atoms with van der Waals surface area (Å²) in [4.78, 5) is 19.5. The number of nitrogens with zero attached hydrogens (tertiary/aromatic N) is 3. The summed E-state index contributed by atoms with van der Waals surface area (Å²) in [7, 11) is 2.15. The first kappa shape index (κ1) is 13.8. The molecule has 1 N–H and O–H groups in total. The van der Waals surface area contributed by atoms with Gasteiger partial charge in [0.15, 0.2) is 0 Å². The topological polar surface area (TPSA) is 56.7 Å². The molecule has 104 valence electrons. The van der Waals surface area contributed by atoms with Crippen molar-refractivity contribution >= 4 is 11.7 Å². The zero-order valence-corrected chi connectivity index (χ0v) is 11.5. The van der Waals surface area contributed by atoms with Gasteiger partial charge in [0, 0.05) is 19.1 Å². The minimum atomic E-state index is -0.978. The number of pyridine rings is 1. The van der Waals surface area contributed by atoms with Gasteiger partial charge in [-0.2, -0.15) is 0 Å². The second-order valence-electron chi connectivity index (χ2n) is 5.08. The van der Waals surface area contributed by atoms with Crippen molar-refractivity contribution in [2.24, 2.45) is 0 Å². The first-order valence-corrected chi connectivity index (χ1v) is 6.76. The molecule has 5 heteroatoms. The van der Waals surface area contributed by atoms with Crippen molar-refractivity contribution in [3.63, 3.8) is 0 Å². The minimum absolute atomic E-state index is 0.101. The molecule has 1 aromatic rings. The number of carboxylic acid groups (broad SMARTS) is 1. The van der Waals surface area contributed by atoms with E-state index >= 15 is 0 Å². The Hall–Kier alpha value is -1.62. The fourth-order valence-corrected chi connectivity index (χ4v) is 2.62. The predicted molar refractivity (Wildman–Crippen MR) is 74.7 cm³/mol. The number of hydrogen-bond acceptors (Lipinski definition) is 4. The van der Waals surface area contributed by atoms with Crippen molar-refractivity contribution < 1.29 is 9.90 Å². The van der Waals surface area contributed by atoms with Gasteiger partial charge in [0.2, 0.25) is 0 Å². The van der Waals surface area contributed by atoms with E-state index in [0.717, 1.165) is 38.2 Å². The smallest absolute Gasteiger partial charge is 0.354 e. The molecule has 0 aliphatic carbocycles. The first-order valence-electron chi connectivity index (χ1n) is 6.76. The van der Waals surface area contributed by atoms with Crippen molar-refractivity contribution in [3.05, 3.63) is 24.0 Å². The molecule has 0 bridgehead atoms. The van der Waals surface area contributed by atoms with Crippen LogP contribution in [0.5, 0.6) is 0 Å². The van der Waals surface area contributed by atoms with E-state index in [1.165, 1.54) is 0 Å². The van der Waals surface area contributed by atoms with Crippen LogP contribution in [-0.4, -0.2) is 53.7 Å². The zero-order valence-electron chi connectivity index (χ0n) is 11.5. The van der Waals surface area contributed by atoms with Crippen molar-refractivity contribution in [1.82, 2.24) is 9.88 Å². The quantitative estimate of drug-likeness (QED) is 0.899. The van der Waals surface area contributed by atoms with Crippen molar-refractivity contribution in [3.8, 4) is 0 Å². The molecule has 0 amide bonds. The van der Waals surface area contributed by atoms with E-state index in [2.05, 4.69) is 28.8 Å². The van der Waals surface area contributed by atoms with Gasteiger partial charge in [-0.05, 0) is 38.6 Å². The Morgan fingerprint density at radius 3 is 2.84 bits per heavy atom. The highest BCUT2D eigenvalue weighted by Gasteiger charge is 2.22. The Kier molecular flexibility index (Phi) is 4.37. The maximum Gasteiger partial charge on any atom is 0.354 e. The average Bonchev–Trinajstić information content (AvgIpc) is 2.60. The number of carbonyl (C=O) groups is 1. The summed E-state index contributed by atoms with van der Waals surface area (Å²) >= 11 is 0. The summed E-state index contributed by atoms with van der Waals surface area (Å²) in [6.07, 6.45) is 3.87. The van der Waals surface area contributed by atoms with E-state index in [9.17, 15) is 4.79 Å². The summed E-state index contributed by atoms with van der Waals surface area (Å²) in [6, 6.07) is 3.91. The van der Waals surface area contributed by atoms with Gasteiger partial charge in [-0.15, -0.1) is 0 Å². The highest BCUT2D eigenvalue weighted by molar-refractivity contribution is 5.85. The van der Waals surface area contributed by atoms with Crippen LogP contribution in [0.15, 0.2) is 18.3 Å². The molecule has 1 aliphatic heterocycles. The van der Waals surface area contributed by atoms with Crippen LogP contribution in [-0.2, 0) is 0 Å². The third-order valence-corrected chi connectivity index (χ3v) is 3.67. The first-order chi connectivity index (χ1) is 9.11. The van der Waals surface area contributed by atoms with Crippen LogP contribution >= 0.6 is 0 Å². The Morgan fingerprint density at radius 1 is 1.47 bits per heavy atom. The predicted octanol–water partition coefficient (Wildman–Crippen LogP) is 1.70. The second kappa shape index (κ2) is 6.02. The molecule has 5 nitrogen and oxygen atoms in total. The molecular weight excluding hydrogens is 242 g/mol. The van der Waals surface area contributed by atoms with Crippen LogP contribution in [0, 0.1) is 0 Å². The Labute approximate surface area is 113 Å². The standard InChI is InChI=1S/C14H21N3O2/c1-3-11-10-16(2)7-4-8-17(11)12-5-6-13(14(18)19)15-9-12/h5-6,9,11H,3-4,7-8,10H2,1-2H3,(H,18,19). The van der Waals surface area contributed by atoms with Gasteiger partial charge < -0.3 is 14.9 Å². The SMILES string of the molecule is CCC1CN(C)CCCN1c1ccc(C(=O)O)nc1. The zero-order chi connectivity index (χ0) is 13.8. The lowest BCUT2D eigenvalue weighted by Gasteiger charge is -2.32. The minimum Gasteiger partial charge on any atom is -0.477 e. The summed E-state index contributed by atoms with van der Waals surface area (Å²) < 4.78 is 0. The van der Waals surface area contributed by atoms with Gasteiger partial charge in [0.05, 0.1) is 11.9 Å². The van der Waals surface area contributed by atoms with Crippen LogP contribution in [0.2, 0.25) is 0 Å². The molecule has 0 saturated carbocycles. The van der Waals surface area contributed by atoms with Crippen LogP contribution in [0.25, 0.3) is 0 Å². The van der Waals surface area contributed by atoms with Gasteiger partial charge >= 0.3 is 5.97 Å². The number of aromatic carboxylic acids is 1. The van der Waals surface area contributed by atoms with E-state index in [0.29, 0.717) is 6.04 Å². The Morgan fingerprint density at radius 2 is 2.26 bits per heavy atom. The number of hydrogen-bond donors (Lipinski definition) is 1. The number of carboxylic acids is 1. The summed E-state index contributed by atoms with van der Waals surface area (Å²) in [5, 5.41) is 8.88. The van der Waals surface area contributed by atoms with E-state index in [-0.39, 0.29) is 5.69 Å². The third-order valence-electron chi connectivity index (χ3n) is 3.67. The number of likely N-dealkylation sites (N-methyl/N-ethyl adjacent to an activating group) is 1. The molecular formula is C14H21N3O2. The maximum atomic E-state index is 10.8. The van der Waals surface area contributed by atoms with E-state index < -0.39 is 5.97 Å². The fraction of sp³-hybridized carbons (Fsp3) is 0.571. The van der Waals surface area contributed by atoms with Gasteiger partial charge in [-0.1, -0.05) is 6.92 Å². The number of anilines is 1. The molecule has 19 heavy (non-hydrogen) atoms. The van der Waals surface area contributed by atoms with Crippen LogP contribution in [0.3, 0.4) is 0 Å². The number of aromatic nitrogens is 1. The van der Waals surface area contributed by atoms with Crippen LogP contribution in [0.4, 0.5) is 5.69 Å². The van der Waals surface area contributed by atoms with Crippen molar-refractivity contribution in [2.75, 3.05) is 31.6 Å². The van der Waals surface area contributed by atoms with Gasteiger partial charge in [-0.25, -0.2) is 9.78 Å². The van der Waals surface area contributed by atoms with Crippen LogP contribution in [0.1, 0.15) is 30.3 Å². The molecule has 1 fully saturated rings. The molecule has 1 atom stereocenters. The highest BCUT2D eigenvalue weighted by Crippen LogP contribution is 2.21. The Balaban J connectivity index is 2.20. The lowest BCUT2D eigenvalue weighted by molar-refractivity contribution is 0.0690. The maximum absolute atomic E-state index is 10.8. The number of rotatable bonds is 3. The van der Waals surface area contributed by atoms with E-state index in [4.69, 9.17) is 5.11 Å². The molecule has 0 aromatic carbocycles. The summed E-state index contributed by atoms with van der Waals surface area (Å²) in [5.74, 6) is -0.978. The van der Waals surface area contributed by atoms with E-state index in [1.54, 1.807) is 12.3 Å². The molecule has 2 rings (SSSR count). The van der Waals surface area contributed by atoms with Gasteiger partial charge in [-0.3, -0.25) is 0 Å². The molecule has 0 radical (unpaired) electrons. The lowest BCUT2D eigenvalue weighted by Crippen LogP contribution is -2.39. The molecule has 1 saturated heterocycles. The second-order valence-corrected chi connectivity index (χ2v) is 5.08. The molecule has 1 aromatic heterocycles. The lowest BCUT2D eigenvalue weighted by atomic mass is 10.1. The molecule has 1 unspecified atom stereocenters. The fourth-order valence-electron chi connectivity index (χ4n) is 2.62. The average molecular weight is 263 g/mol. The Bertz CT molecular complexity index is 433. The summed E-state index contributed by atoms with van der Waals surface area (Å²) in [6.45, 7) is 5.33. The normalized spacial score (nSPS) is 21.2. The molecule has 2 heterocycles. The molecule has 1 aliphatic rings.